The van der Waals surface area contributed by atoms with Gasteiger partial charge in [0.05, 0.1) is 11.1 Å². The summed E-state index contributed by atoms with van der Waals surface area (Å²) < 4.78 is 27.0. The number of ketones is 1. The van der Waals surface area contributed by atoms with Crippen LogP contribution in [0.25, 0.3) is 0 Å². The number of benzene rings is 3. The normalized spacial score (nSPS) is 11.5. The first-order valence-electron chi connectivity index (χ1n) is 8.73. The molecule has 0 atom stereocenters. The molecular formula is C22H20N2O3S. The molecule has 0 aliphatic rings. The minimum atomic E-state index is -3.98. The molecule has 0 bridgehead atoms. The molecule has 0 spiro atoms. The maximum Gasteiger partial charge on any atom is 0.279 e. The van der Waals surface area contributed by atoms with E-state index in [1.807, 2.05) is 25.1 Å². The highest BCUT2D eigenvalue weighted by Gasteiger charge is 2.25. The Balaban J connectivity index is 1.94. The Hall–Kier alpha value is -3.25. The van der Waals surface area contributed by atoms with Crippen LogP contribution in [0.3, 0.4) is 0 Å². The predicted molar refractivity (Wildman–Crippen MR) is 110 cm³/mol. The molecule has 0 aliphatic carbocycles. The Labute approximate surface area is 165 Å². The summed E-state index contributed by atoms with van der Waals surface area (Å²) in [6, 6.07) is 24.2. The van der Waals surface area contributed by atoms with Crippen LogP contribution in [0.2, 0.25) is 0 Å². The summed E-state index contributed by atoms with van der Waals surface area (Å²) in [6.45, 7) is 1.49. The standard InChI is InChI=1S/C22H20N2O3S/c1-18-12-14-21(15-13-18)28(26,27)24(23-16-19-8-4-2-5-9-19)17-22(25)20-10-6-3-7-11-20/h2-16H,17H2,1H3/b23-16+. The maximum absolute atomic E-state index is 13.1. The van der Waals surface area contributed by atoms with Crippen molar-refractivity contribution in [2.24, 2.45) is 5.10 Å². The van der Waals surface area contributed by atoms with Gasteiger partial charge in [-0.2, -0.15) is 17.9 Å². The lowest BCUT2D eigenvalue weighted by atomic mass is 10.1. The molecule has 6 heteroatoms. The van der Waals surface area contributed by atoms with Gasteiger partial charge in [-0.05, 0) is 24.6 Å². The Bertz CT molecular complexity index is 1060. The van der Waals surface area contributed by atoms with Crippen molar-refractivity contribution in [1.82, 2.24) is 4.41 Å². The van der Waals surface area contributed by atoms with Gasteiger partial charge < -0.3 is 0 Å². The predicted octanol–water partition coefficient (Wildman–Crippen LogP) is 3.90. The third kappa shape index (κ3) is 4.72. The van der Waals surface area contributed by atoms with E-state index in [1.165, 1.54) is 18.3 Å². The average Bonchev–Trinajstić information content (AvgIpc) is 2.72. The molecule has 0 unspecified atom stereocenters. The first kappa shape index (κ1) is 19.5. The average molecular weight is 392 g/mol. The Kier molecular flexibility index (Phi) is 6.01. The highest BCUT2D eigenvalue weighted by molar-refractivity contribution is 7.89. The van der Waals surface area contributed by atoms with Gasteiger partial charge in [0.1, 0.15) is 6.54 Å². The molecular weight excluding hydrogens is 372 g/mol. The highest BCUT2D eigenvalue weighted by atomic mass is 32.2. The van der Waals surface area contributed by atoms with Crippen molar-refractivity contribution in [1.29, 1.82) is 0 Å². The number of sulfonamides is 1. The van der Waals surface area contributed by atoms with E-state index in [4.69, 9.17) is 0 Å². The Morgan fingerprint density at radius 2 is 1.46 bits per heavy atom. The minimum Gasteiger partial charge on any atom is -0.292 e. The van der Waals surface area contributed by atoms with Crippen molar-refractivity contribution in [3.63, 3.8) is 0 Å². The van der Waals surface area contributed by atoms with Gasteiger partial charge in [0.15, 0.2) is 5.78 Å². The van der Waals surface area contributed by atoms with E-state index in [0.29, 0.717) is 5.56 Å². The fourth-order valence-electron chi connectivity index (χ4n) is 2.53. The topological polar surface area (TPSA) is 66.8 Å². The van der Waals surface area contributed by atoms with Gasteiger partial charge in [-0.15, -0.1) is 0 Å². The summed E-state index contributed by atoms with van der Waals surface area (Å²) in [5, 5.41) is 4.13. The number of aryl methyl sites for hydroxylation is 1. The van der Waals surface area contributed by atoms with Crippen molar-refractivity contribution in [3.8, 4) is 0 Å². The monoisotopic (exact) mass is 392 g/mol. The summed E-state index contributed by atoms with van der Waals surface area (Å²) in [4.78, 5) is 12.7. The molecule has 0 radical (unpaired) electrons. The molecule has 3 aromatic carbocycles. The minimum absolute atomic E-state index is 0.0872. The van der Waals surface area contributed by atoms with Crippen LogP contribution in [0, 0.1) is 6.92 Å². The van der Waals surface area contributed by atoms with Crippen molar-refractivity contribution in [2.75, 3.05) is 6.54 Å². The van der Waals surface area contributed by atoms with Gasteiger partial charge in [0, 0.05) is 5.56 Å². The van der Waals surface area contributed by atoms with Gasteiger partial charge in [-0.3, -0.25) is 4.79 Å². The van der Waals surface area contributed by atoms with Crippen molar-refractivity contribution in [3.05, 3.63) is 102 Å². The van der Waals surface area contributed by atoms with Gasteiger partial charge in [0.2, 0.25) is 0 Å². The van der Waals surface area contributed by atoms with E-state index in [-0.39, 0.29) is 17.2 Å². The second-order valence-corrected chi connectivity index (χ2v) is 8.09. The van der Waals surface area contributed by atoms with Crippen LogP contribution in [0.15, 0.2) is 94.9 Å². The van der Waals surface area contributed by atoms with Crippen molar-refractivity contribution >= 4 is 22.0 Å². The molecule has 0 saturated heterocycles. The summed E-state index contributed by atoms with van der Waals surface area (Å²) in [6.07, 6.45) is 1.43. The lowest BCUT2D eigenvalue weighted by Crippen LogP contribution is -2.31. The zero-order chi connectivity index (χ0) is 20.0. The molecule has 142 valence electrons. The van der Waals surface area contributed by atoms with Gasteiger partial charge in [-0.1, -0.05) is 78.4 Å². The number of hydrazone groups is 1. The quantitative estimate of drug-likeness (QED) is 0.348. The van der Waals surface area contributed by atoms with Crippen LogP contribution < -0.4 is 0 Å². The number of Topliss-reactive ketones (excluding diaryl/α,β-unsaturated/α-hetero) is 1. The van der Waals surface area contributed by atoms with Crippen molar-refractivity contribution < 1.29 is 13.2 Å². The fourth-order valence-corrected chi connectivity index (χ4v) is 3.71. The zero-order valence-electron chi connectivity index (χ0n) is 15.4. The second-order valence-electron chi connectivity index (χ2n) is 6.24. The number of hydrogen-bond donors (Lipinski definition) is 0. The molecule has 0 aromatic heterocycles. The number of nitrogens with zero attached hydrogens (tertiary/aromatic N) is 2. The highest BCUT2D eigenvalue weighted by Crippen LogP contribution is 2.18. The van der Waals surface area contributed by atoms with Crippen LogP contribution in [0.5, 0.6) is 0 Å². The summed E-state index contributed by atoms with van der Waals surface area (Å²) >= 11 is 0. The third-order valence-electron chi connectivity index (χ3n) is 4.11. The van der Waals surface area contributed by atoms with E-state index in [0.717, 1.165) is 15.5 Å². The molecule has 0 N–H and O–H groups in total. The molecule has 0 heterocycles. The van der Waals surface area contributed by atoms with Crippen LogP contribution in [0.1, 0.15) is 21.5 Å². The second kappa shape index (κ2) is 8.63. The molecule has 0 fully saturated rings. The van der Waals surface area contributed by atoms with Crippen LogP contribution in [-0.4, -0.2) is 31.4 Å². The van der Waals surface area contributed by atoms with Crippen molar-refractivity contribution in [2.45, 2.75) is 11.8 Å². The number of rotatable bonds is 7. The maximum atomic E-state index is 13.1. The number of carbonyl (C=O) groups is 1. The molecule has 3 aromatic rings. The summed E-state index contributed by atoms with van der Waals surface area (Å²) in [7, 11) is -3.98. The molecule has 28 heavy (non-hydrogen) atoms. The first-order valence-corrected chi connectivity index (χ1v) is 10.2. The van der Waals surface area contributed by atoms with E-state index in [2.05, 4.69) is 5.10 Å². The van der Waals surface area contributed by atoms with Gasteiger partial charge >= 0.3 is 0 Å². The summed E-state index contributed by atoms with van der Waals surface area (Å²) in [5.74, 6) is -0.332. The largest absolute Gasteiger partial charge is 0.292 e. The Morgan fingerprint density at radius 3 is 2.07 bits per heavy atom. The molecule has 3 rings (SSSR count). The molecule has 0 aliphatic heterocycles. The Morgan fingerprint density at radius 1 is 0.893 bits per heavy atom. The molecule has 0 amide bonds. The number of carbonyl (C=O) groups excluding carboxylic acids is 1. The first-order chi connectivity index (χ1) is 13.5. The lowest BCUT2D eigenvalue weighted by Gasteiger charge is -2.18. The molecule has 0 saturated carbocycles. The van der Waals surface area contributed by atoms with E-state index >= 15 is 0 Å². The van der Waals surface area contributed by atoms with Crippen LogP contribution in [-0.2, 0) is 10.0 Å². The zero-order valence-corrected chi connectivity index (χ0v) is 16.2. The van der Waals surface area contributed by atoms with E-state index in [1.54, 1.807) is 54.6 Å². The van der Waals surface area contributed by atoms with Gasteiger partial charge in [0.25, 0.3) is 10.0 Å². The number of hydrogen-bond acceptors (Lipinski definition) is 4. The van der Waals surface area contributed by atoms with E-state index < -0.39 is 10.0 Å². The smallest absolute Gasteiger partial charge is 0.279 e. The van der Waals surface area contributed by atoms with Crippen LogP contribution >= 0.6 is 0 Å². The molecule has 5 nitrogen and oxygen atoms in total. The van der Waals surface area contributed by atoms with Gasteiger partial charge in [-0.25, -0.2) is 0 Å². The summed E-state index contributed by atoms with van der Waals surface area (Å²) in [5.41, 5.74) is 2.11. The lowest BCUT2D eigenvalue weighted by molar-refractivity contribution is 0.0967. The fraction of sp³-hybridized carbons (Fsp3) is 0.0909. The third-order valence-corrected chi connectivity index (χ3v) is 5.75. The van der Waals surface area contributed by atoms with E-state index in [9.17, 15) is 13.2 Å². The van der Waals surface area contributed by atoms with Crippen LogP contribution in [0.4, 0.5) is 0 Å². The SMILES string of the molecule is Cc1ccc(S(=O)(=O)N(CC(=O)c2ccccc2)/N=C/c2ccccc2)cc1.